The summed E-state index contributed by atoms with van der Waals surface area (Å²) in [6.07, 6.45) is 0.590. The molecule has 0 aliphatic heterocycles. The number of carbonyl (C=O) groups is 1. The Kier molecular flexibility index (Phi) is 6.18. The van der Waals surface area contributed by atoms with E-state index < -0.39 is 22.0 Å². The molecule has 0 saturated heterocycles. The molecule has 0 aromatic heterocycles. The molecule has 1 N–H and O–H groups in total. The van der Waals surface area contributed by atoms with Gasteiger partial charge in [0.2, 0.25) is 0 Å². The Labute approximate surface area is 99.8 Å². The van der Waals surface area contributed by atoms with Gasteiger partial charge in [-0.25, -0.2) is 0 Å². The first-order valence-corrected chi connectivity index (χ1v) is 6.74. The van der Waals surface area contributed by atoms with Gasteiger partial charge >= 0.3 is 5.97 Å². The summed E-state index contributed by atoms with van der Waals surface area (Å²) in [5.41, 5.74) is -0.351. The summed E-state index contributed by atoms with van der Waals surface area (Å²) in [5, 5.41) is 8.19. The van der Waals surface area contributed by atoms with Gasteiger partial charge in [0.15, 0.2) is 0 Å². The van der Waals surface area contributed by atoms with Crippen molar-refractivity contribution < 1.29 is 18.8 Å². The molecule has 0 amide bonds. The van der Waals surface area contributed by atoms with E-state index in [2.05, 4.69) is 0 Å². The summed E-state index contributed by atoms with van der Waals surface area (Å²) in [5.74, 6) is -0.747. The zero-order chi connectivity index (χ0) is 12.9. The van der Waals surface area contributed by atoms with E-state index in [-0.39, 0.29) is 11.5 Å². The van der Waals surface area contributed by atoms with Gasteiger partial charge in [0, 0.05) is 23.7 Å². The SMILES string of the molecule is COC(C)(C)CCS(=O)C(C(=O)O)C(C)C. The van der Waals surface area contributed by atoms with Gasteiger partial charge in [0.05, 0.1) is 5.60 Å². The van der Waals surface area contributed by atoms with E-state index in [0.29, 0.717) is 12.2 Å². The van der Waals surface area contributed by atoms with Gasteiger partial charge in [-0.2, -0.15) is 0 Å². The average molecular weight is 250 g/mol. The normalized spacial score (nSPS) is 16.1. The van der Waals surface area contributed by atoms with Crippen molar-refractivity contribution in [1.82, 2.24) is 0 Å². The van der Waals surface area contributed by atoms with E-state index in [1.54, 1.807) is 21.0 Å². The molecule has 0 rings (SSSR count). The monoisotopic (exact) mass is 250 g/mol. The summed E-state index contributed by atoms with van der Waals surface area (Å²) in [6.45, 7) is 7.35. The van der Waals surface area contributed by atoms with Crippen LogP contribution in [0.1, 0.15) is 34.1 Å². The van der Waals surface area contributed by atoms with Crippen molar-refractivity contribution in [3.8, 4) is 0 Å². The van der Waals surface area contributed by atoms with Crippen LogP contribution < -0.4 is 0 Å². The molecule has 4 nitrogen and oxygen atoms in total. The first-order chi connectivity index (χ1) is 7.21. The Morgan fingerprint density at radius 3 is 2.25 bits per heavy atom. The molecule has 2 unspecified atom stereocenters. The fourth-order valence-corrected chi connectivity index (χ4v) is 3.06. The number of methoxy groups -OCH3 is 1. The van der Waals surface area contributed by atoms with Crippen LogP contribution in [0.25, 0.3) is 0 Å². The molecule has 0 radical (unpaired) electrons. The maximum Gasteiger partial charge on any atom is 0.319 e. The second-order valence-corrected chi connectivity index (χ2v) is 6.48. The number of carboxylic acids is 1. The highest BCUT2D eigenvalue weighted by Gasteiger charge is 2.29. The molecule has 0 bridgehead atoms. The molecule has 0 aliphatic rings. The van der Waals surface area contributed by atoms with Gasteiger partial charge in [-0.15, -0.1) is 0 Å². The summed E-state index contributed by atoms with van der Waals surface area (Å²) >= 11 is 0. The first-order valence-electron chi connectivity index (χ1n) is 5.36. The Bertz CT molecular complexity index is 261. The third-order valence-electron chi connectivity index (χ3n) is 2.59. The minimum atomic E-state index is -1.35. The molecular formula is C11H22O4S. The molecule has 0 heterocycles. The van der Waals surface area contributed by atoms with Crippen molar-refractivity contribution >= 4 is 16.8 Å². The number of carboxylic acid groups (broad SMARTS) is 1. The average Bonchev–Trinajstić information content (AvgIpc) is 2.14. The lowest BCUT2D eigenvalue weighted by Gasteiger charge is -2.24. The maximum atomic E-state index is 11.9. The Balaban J connectivity index is 4.39. The summed E-state index contributed by atoms with van der Waals surface area (Å²) < 4.78 is 17.1. The molecule has 96 valence electrons. The molecule has 0 aliphatic carbocycles. The molecule has 0 saturated carbocycles. The minimum absolute atomic E-state index is 0.121. The summed E-state index contributed by atoms with van der Waals surface area (Å²) in [4.78, 5) is 11.0. The summed E-state index contributed by atoms with van der Waals surface area (Å²) in [7, 11) is 0.252. The number of hydrogen-bond donors (Lipinski definition) is 1. The zero-order valence-corrected chi connectivity index (χ0v) is 11.5. The van der Waals surface area contributed by atoms with E-state index in [1.807, 2.05) is 13.8 Å². The van der Waals surface area contributed by atoms with E-state index in [4.69, 9.17) is 9.84 Å². The van der Waals surface area contributed by atoms with Crippen molar-refractivity contribution in [2.45, 2.75) is 45.0 Å². The fourth-order valence-electron chi connectivity index (χ4n) is 1.28. The largest absolute Gasteiger partial charge is 0.480 e. The first kappa shape index (κ1) is 15.6. The Hall–Kier alpha value is -0.420. The third-order valence-corrected chi connectivity index (χ3v) is 4.51. The van der Waals surface area contributed by atoms with E-state index in [0.717, 1.165) is 0 Å². The highest BCUT2D eigenvalue weighted by molar-refractivity contribution is 7.86. The van der Waals surface area contributed by atoms with Gasteiger partial charge in [-0.05, 0) is 26.2 Å². The van der Waals surface area contributed by atoms with Crippen LogP contribution >= 0.6 is 0 Å². The number of ether oxygens (including phenoxy) is 1. The van der Waals surface area contributed by atoms with Gasteiger partial charge in [-0.3, -0.25) is 9.00 Å². The number of aliphatic carboxylic acids is 1. The predicted molar refractivity (Wildman–Crippen MR) is 65.0 cm³/mol. The van der Waals surface area contributed by atoms with Crippen LogP contribution in [-0.4, -0.2) is 39.0 Å². The quantitative estimate of drug-likeness (QED) is 0.746. The van der Waals surface area contributed by atoms with Crippen molar-refractivity contribution in [3.05, 3.63) is 0 Å². The number of rotatable bonds is 7. The van der Waals surface area contributed by atoms with Gasteiger partial charge in [-0.1, -0.05) is 13.8 Å². The lowest BCUT2D eigenvalue weighted by atomic mass is 10.1. The van der Waals surface area contributed by atoms with Crippen molar-refractivity contribution in [1.29, 1.82) is 0 Å². The highest BCUT2D eigenvalue weighted by atomic mass is 32.2. The van der Waals surface area contributed by atoms with Crippen LogP contribution in [0.2, 0.25) is 0 Å². The molecule has 2 atom stereocenters. The predicted octanol–water partition coefficient (Wildman–Crippen LogP) is 1.66. The topological polar surface area (TPSA) is 63.6 Å². The molecule has 0 aromatic carbocycles. The zero-order valence-electron chi connectivity index (χ0n) is 10.6. The maximum absolute atomic E-state index is 11.9. The van der Waals surface area contributed by atoms with Crippen molar-refractivity contribution in [2.24, 2.45) is 5.92 Å². The molecule has 5 heteroatoms. The van der Waals surface area contributed by atoms with Crippen LogP contribution in [-0.2, 0) is 20.3 Å². The second kappa shape index (κ2) is 6.35. The third kappa shape index (κ3) is 5.07. The summed E-state index contributed by atoms with van der Waals surface area (Å²) in [6, 6.07) is 0. The Morgan fingerprint density at radius 1 is 1.44 bits per heavy atom. The second-order valence-electron chi connectivity index (χ2n) is 4.80. The molecule has 16 heavy (non-hydrogen) atoms. The lowest BCUT2D eigenvalue weighted by Crippen LogP contribution is -2.34. The fraction of sp³-hybridized carbons (Fsp3) is 0.909. The van der Waals surface area contributed by atoms with Gasteiger partial charge < -0.3 is 9.84 Å². The highest BCUT2D eigenvalue weighted by Crippen LogP contribution is 2.17. The van der Waals surface area contributed by atoms with Crippen LogP contribution in [0.15, 0.2) is 0 Å². The Morgan fingerprint density at radius 2 is 1.94 bits per heavy atom. The molecule has 0 fully saturated rings. The standard InChI is InChI=1S/C11H22O4S/c1-8(2)9(10(12)13)16(14)7-6-11(3,4)15-5/h8-9H,6-7H2,1-5H3,(H,12,13). The van der Waals surface area contributed by atoms with Gasteiger partial charge in [0.25, 0.3) is 0 Å². The van der Waals surface area contributed by atoms with Crippen LogP contribution in [0.3, 0.4) is 0 Å². The number of hydrogen-bond acceptors (Lipinski definition) is 3. The van der Waals surface area contributed by atoms with E-state index in [1.165, 1.54) is 0 Å². The van der Waals surface area contributed by atoms with E-state index in [9.17, 15) is 9.00 Å². The smallest absolute Gasteiger partial charge is 0.319 e. The van der Waals surface area contributed by atoms with E-state index >= 15 is 0 Å². The molecule has 0 aromatic rings. The lowest BCUT2D eigenvalue weighted by molar-refractivity contribution is -0.137. The van der Waals surface area contributed by atoms with Crippen LogP contribution in [0.5, 0.6) is 0 Å². The molecular weight excluding hydrogens is 228 g/mol. The van der Waals surface area contributed by atoms with Crippen LogP contribution in [0, 0.1) is 5.92 Å². The van der Waals surface area contributed by atoms with Gasteiger partial charge in [0.1, 0.15) is 5.25 Å². The molecule has 0 spiro atoms. The van der Waals surface area contributed by atoms with Crippen LogP contribution in [0.4, 0.5) is 0 Å². The van der Waals surface area contributed by atoms with Crippen molar-refractivity contribution in [2.75, 3.05) is 12.9 Å². The minimum Gasteiger partial charge on any atom is -0.480 e. The van der Waals surface area contributed by atoms with Crippen molar-refractivity contribution in [3.63, 3.8) is 0 Å².